The number of hydrogen-bond acceptors (Lipinski definition) is 10. The highest BCUT2D eigenvalue weighted by molar-refractivity contribution is 6.24. The molecule has 5 rings (SSSR count). The Bertz CT molecular complexity index is 1410. The fourth-order valence-electron chi connectivity index (χ4n) is 6.83. The molecule has 40 heavy (non-hydrogen) atoms. The Morgan fingerprint density at radius 2 is 1.77 bits per heavy atom. The van der Waals surface area contributed by atoms with Crippen LogP contribution in [0, 0.1) is 11.8 Å². The van der Waals surface area contributed by atoms with E-state index in [1.165, 1.54) is 23.9 Å². The molecule has 4 aliphatic rings. The highest BCUT2D eigenvalue weighted by Gasteiger charge is 2.64. The van der Waals surface area contributed by atoms with Crippen LogP contribution in [0.25, 0.3) is 5.76 Å². The Balaban J connectivity index is 1.68. The summed E-state index contributed by atoms with van der Waals surface area (Å²) in [5.41, 5.74) is 2.76. The van der Waals surface area contributed by atoms with Gasteiger partial charge in [0.1, 0.15) is 22.8 Å². The van der Waals surface area contributed by atoms with Crippen molar-refractivity contribution in [1.82, 2.24) is 9.80 Å². The molecule has 11 nitrogen and oxygen atoms in total. The van der Waals surface area contributed by atoms with E-state index >= 15 is 0 Å². The van der Waals surface area contributed by atoms with Gasteiger partial charge in [-0.1, -0.05) is 0 Å². The molecular formula is C27H32F2N4O7. The summed E-state index contributed by atoms with van der Waals surface area (Å²) in [5.74, 6) is -10.1. The lowest BCUT2D eigenvalue weighted by Crippen LogP contribution is -2.65. The van der Waals surface area contributed by atoms with E-state index in [-0.39, 0.29) is 41.8 Å². The number of phenolic OH excluding ortho intramolecular Hbond substituents is 1. The van der Waals surface area contributed by atoms with Crippen molar-refractivity contribution >= 4 is 28.9 Å². The molecule has 1 heterocycles. The maximum absolute atomic E-state index is 14.0. The van der Waals surface area contributed by atoms with Crippen LogP contribution >= 0.6 is 0 Å². The molecule has 1 aromatic rings. The van der Waals surface area contributed by atoms with Gasteiger partial charge in [-0.05, 0) is 44.5 Å². The standard InChI is InChI=1S/C27H32F2N4O7/c1-31(2)15-7-12(8-33-9-26(28,29)10-33)20(34)17-13(15)5-11-6-14-19(32(3)4)22(36)18(25(30)39)24(38)27(14,40)23(37)16(11)21(17)35/h7,11,14,19,34-35,38,40H,5-6,8-10H2,1-4H3,(H2,30,39)/t11-,14-,19?,27-/m0/s1. The molecule has 1 saturated carbocycles. The first-order chi connectivity index (χ1) is 18.5. The number of aromatic hydroxyl groups is 1. The third kappa shape index (κ3) is 3.82. The van der Waals surface area contributed by atoms with Gasteiger partial charge < -0.3 is 31.1 Å². The molecule has 6 N–H and O–H groups in total. The van der Waals surface area contributed by atoms with Gasteiger partial charge >= 0.3 is 0 Å². The summed E-state index contributed by atoms with van der Waals surface area (Å²) in [5, 5.41) is 45.4. The minimum Gasteiger partial charge on any atom is -0.508 e. The Labute approximate surface area is 228 Å². The number of nitrogens with two attached hydrogens (primary N) is 1. The summed E-state index contributed by atoms with van der Waals surface area (Å²) in [6.07, 6.45) is 0.113. The fraction of sp³-hybridized carbons (Fsp3) is 0.519. The van der Waals surface area contributed by atoms with Crippen LogP contribution in [0.2, 0.25) is 0 Å². The van der Waals surface area contributed by atoms with Crippen molar-refractivity contribution in [1.29, 1.82) is 0 Å². The smallest absolute Gasteiger partial charge is 0.272 e. The maximum Gasteiger partial charge on any atom is 0.272 e. The van der Waals surface area contributed by atoms with Crippen LogP contribution < -0.4 is 10.6 Å². The van der Waals surface area contributed by atoms with Crippen molar-refractivity contribution in [2.75, 3.05) is 46.2 Å². The minimum absolute atomic E-state index is 0.0238. The molecule has 1 saturated heterocycles. The van der Waals surface area contributed by atoms with Gasteiger partial charge in [0, 0.05) is 43.4 Å². The quantitative estimate of drug-likeness (QED) is 0.319. The lowest BCUT2D eigenvalue weighted by atomic mass is 9.57. The average molecular weight is 563 g/mol. The molecule has 0 radical (unpaired) electrons. The van der Waals surface area contributed by atoms with E-state index in [4.69, 9.17) is 5.73 Å². The number of likely N-dealkylation sites (tertiary alicyclic amines) is 1. The number of carbonyl (C=O) groups is 3. The molecule has 3 aliphatic carbocycles. The molecular weight excluding hydrogens is 530 g/mol. The van der Waals surface area contributed by atoms with Crippen molar-refractivity contribution < 1.29 is 43.6 Å². The molecule has 1 aromatic carbocycles. The number of primary amides is 1. The van der Waals surface area contributed by atoms with Gasteiger partial charge in [0.05, 0.1) is 24.7 Å². The third-order valence-corrected chi connectivity index (χ3v) is 8.56. The summed E-state index contributed by atoms with van der Waals surface area (Å²) < 4.78 is 26.9. The Hall–Kier alpha value is -3.55. The molecule has 0 spiro atoms. The Kier molecular flexibility index (Phi) is 6.28. The van der Waals surface area contributed by atoms with Crippen LogP contribution in [-0.2, 0) is 27.3 Å². The monoisotopic (exact) mass is 562 g/mol. The number of anilines is 1. The number of hydrogen-bond donors (Lipinski definition) is 5. The van der Waals surface area contributed by atoms with Crippen LogP contribution in [0.4, 0.5) is 14.5 Å². The van der Waals surface area contributed by atoms with Crippen LogP contribution in [-0.4, -0.2) is 107 Å². The topological polar surface area (TPSA) is 168 Å². The maximum atomic E-state index is 14.0. The Morgan fingerprint density at radius 3 is 2.30 bits per heavy atom. The first kappa shape index (κ1) is 28.0. The van der Waals surface area contributed by atoms with Gasteiger partial charge in [-0.3, -0.25) is 24.2 Å². The third-order valence-electron chi connectivity index (χ3n) is 8.56. The number of carbonyl (C=O) groups excluding carboxylic acids is 3. The SMILES string of the molecule is CN(C)c1cc(CN2CC(F)(F)C2)c(O)c2c1C[C@H]1C[C@H]3C(N(C)C)C(=O)C(C(N)=O)=C(O)[C@@]3(O)C(=O)C1=C2O. The second-order valence-corrected chi connectivity index (χ2v) is 11.6. The van der Waals surface area contributed by atoms with Gasteiger partial charge in [0.25, 0.3) is 11.8 Å². The van der Waals surface area contributed by atoms with Gasteiger partial charge in [-0.25, -0.2) is 8.78 Å². The zero-order chi connectivity index (χ0) is 29.6. The van der Waals surface area contributed by atoms with Crippen molar-refractivity contribution in [2.45, 2.75) is 37.0 Å². The summed E-state index contributed by atoms with van der Waals surface area (Å²) in [6, 6.07) is 0.487. The van der Waals surface area contributed by atoms with E-state index in [1.807, 2.05) is 0 Å². The number of likely N-dealkylation sites (N-methyl/N-ethyl adjacent to an activating group) is 1. The predicted octanol–water partition coefficient (Wildman–Crippen LogP) is 0.481. The van der Waals surface area contributed by atoms with Gasteiger partial charge in [-0.15, -0.1) is 0 Å². The first-order valence-corrected chi connectivity index (χ1v) is 12.8. The number of fused-ring (bicyclic) bond motifs is 3. The number of amides is 1. The van der Waals surface area contributed by atoms with Crippen LogP contribution in [0.15, 0.2) is 23.0 Å². The highest BCUT2D eigenvalue weighted by atomic mass is 19.3. The number of ketones is 2. The molecule has 1 aliphatic heterocycles. The largest absolute Gasteiger partial charge is 0.508 e. The van der Waals surface area contributed by atoms with Crippen molar-refractivity contribution in [3.63, 3.8) is 0 Å². The lowest BCUT2D eigenvalue weighted by molar-refractivity contribution is -0.153. The predicted molar refractivity (Wildman–Crippen MR) is 139 cm³/mol. The molecule has 216 valence electrons. The summed E-state index contributed by atoms with van der Waals surface area (Å²) >= 11 is 0. The number of halogens is 2. The fourth-order valence-corrected chi connectivity index (χ4v) is 6.83. The van der Waals surface area contributed by atoms with Crippen molar-refractivity contribution in [3.8, 4) is 5.75 Å². The number of rotatable bonds is 5. The normalized spacial score (nSPS) is 29.6. The van der Waals surface area contributed by atoms with Gasteiger partial charge in [0.15, 0.2) is 11.4 Å². The second-order valence-electron chi connectivity index (χ2n) is 11.6. The molecule has 0 aromatic heterocycles. The second kappa shape index (κ2) is 8.98. The molecule has 1 unspecified atom stereocenters. The van der Waals surface area contributed by atoms with Gasteiger partial charge in [0.2, 0.25) is 5.78 Å². The Morgan fingerprint density at radius 1 is 1.15 bits per heavy atom. The van der Waals surface area contributed by atoms with Crippen molar-refractivity contribution in [3.05, 3.63) is 39.7 Å². The van der Waals surface area contributed by atoms with E-state index in [0.29, 0.717) is 11.3 Å². The van der Waals surface area contributed by atoms with Crippen LogP contribution in [0.3, 0.4) is 0 Å². The van der Waals surface area contributed by atoms with Gasteiger partial charge in [-0.2, -0.15) is 0 Å². The number of Topliss-reactive ketones (excluding diaryl/α,β-unsaturated/α-hetero) is 2. The number of alkyl halides is 2. The van der Waals surface area contributed by atoms with E-state index in [1.54, 1.807) is 25.1 Å². The molecule has 0 bridgehead atoms. The van der Waals surface area contributed by atoms with Crippen LogP contribution in [0.5, 0.6) is 5.75 Å². The molecule has 13 heteroatoms. The minimum atomic E-state index is -2.82. The first-order valence-electron chi connectivity index (χ1n) is 12.8. The zero-order valence-corrected chi connectivity index (χ0v) is 22.5. The molecule has 4 atom stereocenters. The number of benzene rings is 1. The lowest BCUT2D eigenvalue weighted by Gasteiger charge is -2.50. The zero-order valence-electron chi connectivity index (χ0n) is 22.5. The van der Waals surface area contributed by atoms with E-state index in [0.717, 1.165) is 0 Å². The van der Waals surface area contributed by atoms with Crippen LogP contribution in [0.1, 0.15) is 23.1 Å². The number of phenols is 1. The number of aliphatic hydroxyl groups is 3. The molecule has 1 amide bonds. The highest BCUT2D eigenvalue weighted by Crippen LogP contribution is 2.54. The summed E-state index contributed by atoms with van der Waals surface area (Å²) in [7, 11) is 6.55. The van der Waals surface area contributed by atoms with E-state index in [2.05, 4.69) is 0 Å². The van der Waals surface area contributed by atoms with Crippen molar-refractivity contribution in [2.24, 2.45) is 17.6 Å². The van der Waals surface area contributed by atoms with E-state index < -0.39 is 77.1 Å². The molecule has 2 fully saturated rings. The number of nitrogens with zero attached hydrogens (tertiary/aromatic N) is 3. The van der Waals surface area contributed by atoms with E-state index in [9.17, 15) is 43.6 Å². The summed E-state index contributed by atoms with van der Waals surface area (Å²) in [4.78, 5) is 43.9. The number of aliphatic hydroxyl groups excluding tert-OH is 2. The average Bonchev–Trinajstić information content (AvgIpc) is 2.81. The summed E-state index contributed by atoms with van der Waals surface area (Å²) in [6.45, 7) is -0.995.